The number of amides is 2. The molecular formula is C14H22N2O2. The van der Waals surface area contributed by atoms with E-state index in [1.807, 2.05) is 0 Å². The van der Waals surface area contributed by atoms with E-state index in [1.165, 1.54) is 0 Å². The summed E-state index contributed by atoms with van der Waals surface area (Å²) in [6.07, 6.45) is 6.37. The van der Waals surface area contributed by atoms with Gasteiger partial charge in [0, 0.05) is 6.54 Å². The molecule has 0 spiro atoms. The van der Waals surface area contributed by atoms with Crippen molar-refractivity contribution in [3.63, 3.8) is 0 Å². The van der Waals surface area contributed by atoms with Gasteiger partial charge < -0.3 is 5.32 Å². The minimum absolute atomic E-state index is 0.0165. The van der Waals surface area contributed by atoms with Crippen LogP contribution in [0.5, 0.6) is 0 Å². The van der Waals surface area contributed by atoms with Gasteiger partial charge in [0.1, 0.15) is 0 Å². The van der Waals surface area contributed by atoms with Crippen LogP contribution in [0.4, 0.5) is 0 Å². The van der Waals surface area contributed by atoms with E-state index in [0.29, 0.717) is 12.5 Å². The van der Waals surface area contributed by atoms with Crippen LogP contribution in [0.15, 0.2) is 0 Å². The van der Waals surface area contributed by atoms with Gasteiger partial charge in [-0.05, 0) is 44.7 Å². The van der Waals surface area contributed by atoms with Crippen LogP contribution in [0, 0.1) is 17.8 Å². The van der Waals surface area contributed by atoms with E-state index >= 15 is 0 Å². The lowest BCUT2D eigenvalue weighted by Crippen LogP contribution is -2.41. The summed E-state index contributed by atoms with van der Waals surface area (Å²) >= 11 is 0. The number of carbonyl (C=O) groups excluding carboxylic acids is 2. The Hall–Kier alpha value is -0.900. The van der Waals surface area contributed by atoms with E-state index in [1.54, 1.807) is 4.90 Å². The van der Waals surface area contributed by atoms with Gasteiger partial charge in [0.15, 0.2) is 0 Å². The lowest BCUT2D eigenvalue weighted by atomic mass is 9.81. The zero-order valence-corrected chi connectivity index (χ0v) is 10.9. The van der Waals surface area contributed by atoms with Gasteiger partial charge in [-0.2, -0.15) is 0 Å². The normalized spacial score (nSPS) is 36.9. The summed E-state index contributed by atoms with van der Waals surface area (Å²) in [5, 5.41) is 3.35. The summed E-state index contributed by atoms with van der Waals surface area (Å²) < 4.78 is 0. The third-order valence-corrected chi connectivity index (χ3v) is 4.77. The molecule has 0 aromatic heterocycles. The maximum atomic E-state index is 12.3. The highest BCUT2D eigenvalue weighted by Gasteiger charge is 2.48. The van der Waals surface area contributed by atoms with Crippen LogP contribution in [0.3, 0.4) is 0 Å². The molecule has 1 aliphatic carbocycles. The van der Waals surface area contributed by atoms with Crippen LogP contribution in [0.25, 0.3) is 0 Å². The first-order valence-corrected chi connectivity index (χ1v) is 7.33. The van der Waals surface area contributed by atoms with Gasteiger partial charge in [0.05, 0.1) is 11.8 Å². The number of nitrogens with zero attached hydrogens (tertiary/aromatic N) is 1. The predicted octanol–water partition coefficient (Wildman–Crippen LogP) is 1.16. The molecule has 18 heavy (non-hydrogen) atoms. The molecule has 3 aliphatic rings. The maximum Gasteiger partial charge on any atom is 0.233 e. The molecule has 1 N–H and O–H groups in total. The molecular weight excluding hydrogens is 228 g/mol. The van der Waals surface area contributed by atoms with E-state index in [2.05, 4.69) is 5.32 Å². The Morgan fingerprint density at radius 3 is 2.22 bits per heavy atom. The molecule has 0 aromatic rings. The molecule has 3 unspecified atom stereocenters. The highest BCUT2D eigenvalue weighted by Crippen LogP contribution is 2.38. The molecule has 2 amide bonds. The van der Waals surface area contributed by atoms with E-state index in [4.69, 9.17) is 0 Å². The fourth-order valence-electron chi connectivity index (χ4n) is 3.75. The predicted molar refractivity (Wildman–Crippen MR) is 67.8 cm³/mol. The second kappa shape index (κ2) is 5.00. The van der Waals surface area contributed by atoms with E-state index in [9.17, 15) is 9.59 Å². The Balaban J connectivity index is 1.68. The number of rotatable bonds is 2. The monoisotopic (exact) mass is 250 g/mol. The molecule has 2 heterocycles. The van der Waals surface area contributed by atoms with E-state index in [-0.39, 0.29) is 23.7 Å². The van der Waals surface area contributed by atoms with Gasteiger partial charge >= 0.3 is 0 Å². The van der Waals surface area contributed by atoms with Crippen molar-refractivity contribution in [1.29, 1.82) is 0 Å². The standard InChI is InChI=1S/C14H22N2O2/c17-13-11-5-1-2-6-12(11)14(18)16(13)9-10-4-3-7-15-8-10/h10-12,15H,1-9H2. The number of piperidine rings is 1. The van der Waals surface area contributed by atoms with Gasteiger partial charge in [0.2, 0.25) is 11.8 Å². The highest BCUT2D eigenvalue weighted by atomic mass is 16.2. The van der Waals surface area contributed by atoms with Crippen molar-refractivity contribution in [2.24, 2.45) is 17.8 Å². The van der Waals surface area contributed by atoms with Gasteiger partial charge in [-0.1, -0.05) is 12.8 Å². The third-order valence-electron chi connectivity index (χ3n) is 4.77. The van der Waals surface area contributed by atoms with Crippen LogP contribution in [0.1, 0.15) is 38.5 Å². The van der Waals surface area contributed by atoms with E-state index < -0.39 is 0 Å². The Kier molecular flexibility index (Phi) is 3.37. The number of hydrogen-bond donors (Lipinski definition) is 1. The molecule has 4 heteroatoms. The molecule has 4 nitrogen and oxygen atoms in total. The van der Waals surface area contributed by atoms with Crippen molar-refractivity contribution in [2.45, 2.75) is 38.5 Å². The Morgan fingerprint density at radius 2 is 1.67 bits per heavy atom. The number of carbonyl (C=O) groups is 2. The van der Waals surface area contributed by atoms with Crippen molar-refractivity contribution in [1.82, 2.24) is 10.2 Å². The van der Waals surface area contributed by atoms with Crippen molar-refractivity contribution in [2.75, 3.05) is 19.6 Å². The minimum Gasteiger partial charge on any atom is -0.316 e. The lowest BCUT2D eigenvalue weighted by Gasteiger charge is -2.26. The quantitative estimate of drug-likeness (QED) is 0.748. The fourth-order valence-corrected chi connectivity index (χ4v) is 3.75. The number of nitrogens with one attached hydrogen (secondary N) is 1. The minimum atomic E-state index is 0.0165. The van der Waals surface area contributed by atoms with Crippen molar-refractivity contribution < 1.29 is 9.59 Å². The fraction of sp³-hybridized carbons (Fsp3) is 0.857. The molecule has 0 bridgehead atoms. The Morgan fingerprint density at radius 1 is 1.00 bits per heavy atom. The first-order valence-electron chi connectivity index (χ1n) is 7.33. The maximum absolute atomic E-state index is 12.3. The van der Waals surface area contributed by atoms with Gasteiger partial charge in [-0.15, -0.1) is 0 Å². The van der Waals surface area contributed by atoms with Crippen LogP contribution in [-0.2, 0) is 9.59 Å². The van der Waals surface area contributed by atoms with Crippen LogP contribution >= 0.6 is 0 Å². The van der Waals surface area contributed by atoms with Gasteiger partial charge in [-0.25, -0.2) is 0 Å². The molecule has 0 aromatic carbocycles. The number of hydrogen-bond acceptors (Lipinski definition) is 3. The zero-order chi connectivity index (χ0) is 12.5. The molecule has 2 saturated heterocycles. The van der Waals surface area contributed by atoms with Gasteiger partial charge in [-0.3, -0.25) is 14.5 Å². The molecule has 0 radical (unpaired) electrons. The van der Waals surface area contributed by atoms with Crippen molar-refractivity contribution >= 4 is 11.8 Å². The second-order valence-electron chi connectivity index (χ2n) is 6.00. The summed E-state index contributed by atoms with van der Waals surface area (Å²) in [6.45, 7) is 2.67. The Labute approximate surface area is 108 Å². The van der Waals surface area contributed by atoms with Crippen LogP contribution in [-0.4, -0.2) is 36.3 Å². The second-order valence-corrected chi connectivity index (χ2v) is 6.00. The average Bonchev–Trinajstić information content (AvgIpc) is 2.66. The van der Waals surface area contributed by atoms with Crippen LogP contribution < -0.4 is 5.32 Å². The smallest absolute Gasteiger partial charge is 0.233 e. The zero-order valence-electron chi connectivity index (χ0n) is 10.9. The highest BCUT2D eigenvalue weighted by molar-refractivity contribution is 6.05. The molecule has 100 valence electrons. The van der Waals surface area contributed by atoms with Gasteiger partial charge in [0.25, 0.3) is 0 Å². The molecule has 1 saturated carbocycles. The first kappa shape index (κ1) is 12.2. The number of likely N-dealkylation sites (tertiary alicyclic amines) is 1. The van der Waals surface area contributed by atoms with Crippen molar-refractivity contribution in [3.05, 3.63) is 0 Å². The number of imide groups is 1. The van der Waals surface area contributed by atoms with Crippen LogP contribution in [0.2, 0.25) is 0 Å². The summed E-state index contributed by atoms with van der Waals surface area (Å²) in [7, 11) is 0. The molecule has 3 atom stereocenters. The topological polar surface area (TPSA) is 49.4 Å². The lowest BCUT2D eigenvalue weighted by molar-refractivity contribution is -0.140. The molecule has 2 aliphatic heterocycles. The number of fused-ring (bicyclic) bond motifs is 1. The molecule has 3 fully saturated rings. The van der Waals surface area contributed by atoms with Crippen molar-refractivity contribution in [3.8, 4) is 0 Å². The average molecular weight is 250 g/mol. The largest absolute Gasteiger partial charge is 0.316 e. The summed E-state index contributed by atoms with van der Waals surface area (Å²) in [6, 6.07) is 0. The molecule has 3 rings (SSSR count). The SMILES string of the molecule is O=C1C2CCCCC2C(=O)N1CC1CCCNC1. The Bertz CT molecular complexity index is 326. The van der Waals surface area contributed by atoms with E-state index in [0.717, 1.165) is 51.6 Å². The third kappa shape index (κ3) is 2.07. The summed E-state index contributed by atoms with van der Waals surface area (Å²) in [5.74, 6) is 0.739. The summed E-state index contributed by atoms with van der Waals surface area (Å²) in [5.41, 5.74) is 0. The first-order chi connectivity index (χ1) is 8.77. The summed E-state index contributed by atoms with van der Waals surface area (Å²) in [4.78, 5) is 26.2.